The maximum absolute atomic E-state index is 12.1. The minimum atomic E-state index is -0.581. The van der Waals surface area contributed by atoms with Gasteiger partial charge >= 0.3 is 6.03 Å². The zero-order valence-corrected chi connectivity index (χ0v) is 10.7. The molecule has 18 heavy (non-hydrogen) atoms. The summed E-state index contributed by atoms with van der Waals surface area (Å²) in [6.07, 6.45) is 2.77. The standard InChI is InChI=1S/C14H20N2O2/c1-11(17)12-7-3-4-8-13(12)15-14(18)16-9-5-2-6-10-16/h3-4,7-8,11,17H,2,5-6,9-10H2,1H3,(H,15,18). The molecule has 0 bridgehead atoms. The molecule has 1 aliphatic heterocycles. The molecule has 0 saturated carbocycles. The predicted octanol–water partition coefficient (Wildman–Crippen LogP) is 2.76. The van der Waals surface area contributed by atoms with Gasteiger partial charge in [0, 0.05) is 24.3 Å². The number of carbonyl (C=O) groups excluding carboxylic acids is 1. The van der Waals surface area contributed by atoms with Crippen LogP contribution in [0.4, 0.5) is 10.5 Å². The van der Waals surface area contributed by atoms with Gasteiger partial charge in [0.25, 0.3) is 0 Å². The Morgan fingerprint density at radius 2 is 1.94 bits per heavy atom. The van der Waals surface area contributed by atoms with Crippen molar-refractivity contribution < 1.29 is 9.90 Å². The number of likely N-dealkylation sites (tertiary alicyclic amines) is 1. The van der Waals surface area contributed by atoms with Gasteiger partial charge in [-0.25, -0.2) is 4.79 Å². The molecule has 0 aliphatic carbocycles. The summed E-state index contributed by atoms with van der Waals surface area (Å²) in [6.45, 7) is 3.34. The van der Waals surface area contributed by atoms with E-state index < -0.39 is 6.10 Å². The molecule has 2 rings (SSSR count). The molecule has 0 radical (unpaired) electrons. The molecule has 1 heterocycles. The van der Waals surface area contributed by atoms with E-state index in [4.69, 9.17) is 0 Å². The fraction of sp³-hybridized carbons (Fsp3) is 0.500. The molecule has 98 valence electrons. The van der Waals surface area contributed by atoms with E-state index in [-0.39, 0.29) is 6.03 Å². The van der Waals surface area contributed by atoms with Gasteiger partial charge < -0.3 is 15.3 Å². The van der Waals surface area contributed by atoms with Crippen molar-refractivity contribution in [3.05, 3.63) is 29.8 Å². The summed E-state index contributed by atoms with van der Waals surface area (Å²) in [5.41, 5.74) is 1.45. The second-order valence-electron chi connectivity index (χ2n) is 4.74. The van der Waals surface area contributed by atoms with Crippen LogP contribution in [0.5, 0.6) is 0 Å². The maximum atomic E-state index is 12.1. The zero-order valence-electron chi connectivity index (χ0n) is 10.7. The average Bonchev–Trinajstić information content (AvgIpc) is 2.40. The second-order valence-corrected chi connectivity index (χ2v) is 4.74. The summed E-state index contributed by atoms with van der Waals surface area (Å²) in [5, 5.41) is 12.6. The van der Waals surface area contributed by atoms with E-state index in [1.165, 1.54) is 6.42 Å². The van der Waals surface area contributed by atoms with Gasteiger partial charge in [0.05, 0.1) is 6.10 Å². The number of nitrogens with one attached hydrogen (secondary N) is 1. The van der Waals surface area contributed by atoms with E-state index in [2.05, 4.69) is 5.32 Å². The molecule has 1 unspecified atom stereocenters. The van der Waals surface area contributed by atoms with E-state index in [9.17, 15) is 9.90 Å². The first kappa shape index (κ1) is 12.9. The predicted molar refractivity (Wildman–Crippen MR) is 71.5 cm³/mol. The molecule has 1 aromatic rings. The zero-order chi connectivity index (χ0) is 13.0. The average molecular weight is 248 g/mol. The van der Waals surface area contributed by atoms with Gasteiger partial charge in [-0.3, -0.25) is 0 Å². The van der Waals surface area contributed by atoms with Crippen LogP contribution >= 0.6 is 0 Å². The van der Waals surface area contributed by atoms with Crippen molar-refractivity contribution in [3.63, 3.8) is 0 Å². The highest BCUT2D eigenvalue weighted by atomic mass is 16.3. The number of amides is 2. The van der Waals surface area contributed by atoms with E-state index in [1.54, 1.807) is 6.92 Å². The van der Waals surface area contributed by atoms with Gasteiger partial charge in [0.1, 0.15) is 0 Å². The van der Waals surface area contributed by atoms with Crippen molar-refractivity contribution in [1.29, 1.82) is 0 Å². The summed E-state index contributed by atoms with van der Waals surface area (Å²) < 4.78 is 0. The maximum Gasteiger partial charge on any atom is 0.321 e. The molecule has 4 heteroatoms. The Balaban J connectivity index is 2.06. The van der Waals surface area contributed by atoms with Crippen molar-refractivity contribution in [2.45, 2.75) is 32.3 Å². The minimum absolute atomic E-state index is 0.0669. The van der Waals surface area contributed by atoms with Gasteiger partial charge in [-0.05, 0) is 32.3 Å². The monoisotopic (exact) mass is 248 g/mol. The summed E-state index contributed by atoms with van der Waals surface area (Å²) in [6, 6.07) is 7.30. The third kappa shape index (κ3) is 3.01. The van der Waals surface area contributed by atoms with Crippen LogP contribution in [0.25, 0.3) is 0 Å². The molecule has 1 aliphatic rings. The molecule has 0 spiro atoms. The van der Waals surface area contributed by atoms with Crippen LogP contribution in [0.2, 0.25) is 0 Å². The summed E-state index contributed by atoms with van der Waals surface area (Å²) in [7, 11) is 0. The Kier molecular flexibility index (Phi) is 4.20. The lowest BCUT2D eigenvalue weighted by atomic mass is 10.1. The molecule has 1 fully saturated rings. The number of hydrogen-bond acceptors (Lipinski definition) is 2. The third-order valence-electron chi connectivity index (χ3n) is 3.30. The number of carbonyl (C=O) groups is 1. The Bertz CT molecular complexity index is 412. The number of aliphatic hydroxyl groups excluding tert-OH is 1. The van der Waals surface area contributed by atoms with Crippen molar-refractivity contribution in [2.24, 2.45) is 0 Å². The van der Waals surface area contributed by atoms with Crippen LogP contribution in [0.3, 0.4) is 0 Å². The summed E-state index contributed by atoms with van der Waals surface area (Å²) >= 11 is 0. The molecular weight excluding hydrogens is 228 g/mol. The Morgan fingerprint density at radius 3 is 2.61 bits per heavy atom. The van der Waals surface area contributed by atoms with Crippen LogP contribution in [0.1, 0.15) is 37.9 Å². The van der Waals surface area contributed by atoms with Gasteiger partial charge in [-0.2, -0.15) is 0 Å². The number of urea groups is 1. The highest BCUT2D eigenvalue weighted by Gasteiger charge is 2.17. The van der Waals surface area contributed by atoms with Crippen LogP contribution in [0.15, 0.2) is 24.3 Å². The second kappa shape index (κ2) is 5.87. The van der Waals surface area contributed by atoms with Crippen molar-refractivity contribution in [3.8, 4) is 0 Å². The highest BCUT2D eigenvalue weighted by molar-refractivity contribution is 5.90. The number of hydrogen-bond donors (Lipinski definition) is 2. The molecule has 1 aromatic carbocycles. The van der Waals surface area contributed by atoms with Crippen LogP contribution < -0.4 is 5.32 Å². The lowest BCUT2D eigenvalue weighted by Crippen LogP contribution is -2.38. The number of rotatable bonds is 2. The Morgan fingerprint density at radius 1 is 1.28 bits per heavy atom. The van der Waals surface area contributed by atoms with Crippen molar-refractivity contribution in [1.82, 2.24) is 4.90 Å². The first-order valence-corrected chi connectivity index (χ1v) is 6.51. The summed E-state index contributed by atoms with van der Waals surface area (Å²) in [5.74, 6) is 0. The largest absolute Gasteiger partial charge is 0.389 e. The van der Waals surface area contributed by atoms with Crippen LogP contribution in [-0.4, -0.2) is 29.1 Å². The third-order valence-corrected chi connectivity index (χ3v) is 3.30. The molecule has 1 atom stereocenters. The number of benzene rings is 1. The van der Waals surface area contributed by atoms with E-state index in [0.717, 1.165) is 31.5 Å². The van der Waals surface area contributed by atoms with Crippen LogP contribution in [-0.2, 0) is 0 Å². The Labute approximate surface area is 108 Å². The molecule has 1 saturated heterocycles. The smallest absolute Gasteiger partial charge is 0.321 e. The fourth-order valence-corrected chi connectivity index (χ4v) is 2.27. The van der Waals surface area contributed by atoms with Gasteiger partial charge in [-0.15, -0.1) is 0 Å². The molecule has 2 N–H and O–H groups in total. The Hall–Kier alpha value is -1.55. The molecule has 2 amide bonds. The number of para-hydroxylation sites is 1. The SMILES string of the molecule is CC(O)c1ccccc1NC(=O)N1CCCCC1. The normalized spacial score (nSPS) is 17.3. The van der Waals surface area contributed by atoms with Gasteiger partial charge in [0.15, 0.2) is 0 Å². The summed E-state index contributed by atoms with van der Waals surface area (Å²) in [4.78, 5) is 13.9. The number of nitrogens with zero attached hydrogens (tertiary/aromatic N) is 1. The van der Waals surface area contributed by atoms with Crippen LogP contribution in [0, 0.1) is 0 Å². The lowest BCUT2D eigenvalue weighted by Gasteiger charge is -2.27. The quantitative estimate of drug-likeness (QED) is 0.845. The van der Waals surface area contributed by atoms with Crippen molar-refractivity contribution in [2.75, 3.05) is 18.4 Å². The van der Waals surface area contributed by atoms with E-state index in [0.29, 0.717) is 5.69 Å². The molecule has 4 nitrogen and oxygen atoms in total. The lowest BCUT2D eigenvalue weighted by molar-refractivity contribution is 0.197. The number of anilines is 1. The topological polar surface area (TPSA) is 52.6 Å². The number of aliphatic hydroxyl groups is 1. The highest BCUT2D eigenvalue weighted by Crippen LogP contribution is 2.22. The molecular formula is C14H20N2O2. The van der Waals surface area contributed by atoms with E-state index in [1.807, 2.05) is 29.2 Å². The fourth-order valence-electron chi connectivity index (χ4n) is 2.27. The van der Waals surface area contributed by atoms with Crippen molar-refractivity contribution >= 4 is 11.7 Å². The first-order chi connectivity index (χ1) is 8.68. The first-order valence-electron chi connectivity index (χ1n) is 6.51. The molecule has 0 aromatic heterocycles. The minimum Gasteiger partial charge on any atom is -0.389 e. The van der Waals surface area contributed by atoms with E-state index >= 15 is 0 Å². The van der Waals surface area contributed by atoms with Gasteiger partial charge in [0.2, 0.25) is 0 Å². The van der Waals surface area contributed by atoms with Gasteiger partial charge in [-0.1, -0.05) is 18.2 Å². The number of piperidine rings is 1.